The van der Waals surface area contributed by atoms with Gasteiger partial charge in [-0.15, -0.1) is 11.6 Å². The molecule has 0 spiro atoms. The predicted octanol–water partition coefficient (Wildman–Crippen LogP) is 1.05. The fourth-order valence-corrected chi connectivity index (χ4v) is 3.75. The Bertz CT molecular complexity index is 315. The van der Waals surface area contributed by atoms with E-state index in [1.165, 1.54) is 4.31 Å². The van der Waals surface area contributed by atoms with Gasteiger partial charge in [0.15, 0.2) is 0 Å². The maximum atomic E-state index is 12.1. The van der Waals surface area contributed by atoms with Crippen LogP contribution in [0.4, 0.5) is 0 Å². The average Bonchev–Trinajstić information content (AvgIpc) is 2.15. The molecule has 1 saturated heterocycles. The molecule has 1 fully saturated rings. The van der Waals surface area contributed by atoms with Crippen LogP contribution in [0.2, 0.25) is 0 Å². The van der Waals surface area contributed by atoms with E-state index in [1.54, 1.807) is 6.92 Å². The molecule has 0 radical (unpaired) electrons. The molecule has 15 heavy (non-hydrogen) atoms. The summed E-state index contributed by atoms with van der Waals surface area (Å²) in [7, 11) is -3.30. The Hall–Kier alpha value is 0.160. The summed E-state index contributed by atoms with van der Waals surface area (Å²) in [6, 6.07) is 0. The third-order valence-electron chi connectivity index (χ3n) is 2.60. The SMILES string of the molecule is CC(CCl)S(=O)(=O)N1CCOCC1(C)C. The minimum atomic E-state index is -3.30. The van der Waals surface area contributed by atoms with Crippen molar-refractivity contribution in [1.29, 1.82) is 0 Å². The highest BCUT2D eigenvalue weighted by molar-refractivity contribution is 7.89. The first-order valence-corrected chi connectivity index (χ1v) is 7.01. The molecule has 1 aliphatic rings. The van der Waals surface area contributed by atoms with Crippen LogP contribution < -0.4 is 0 Å². The second-order valence-electron chi connectivity index (χ2n) is 4.45. The normalized spacial score (nSPS) is 25.1. The Balaban J connectivity index is 2.95. The highest BCUT2D eigenvalue weighted by Crippen LogP contribution is 2.25. The summed E-state index contributed by atoms with van der Waals surface area (Å²) in [6.07, 6.45) is 0. The lowest BCUT2D eigenvalue weighted by Gasteiger charge is -2.41. The monoisotopic (exact) mass is 255 g/mol. The summed E-state index contributed by atoms with van der Waals surface area (Å²) in [4.78, 5) is 0. The van der Waals surface area contributed by atoms with Gasteiger partial charge in [0.25, 0.3) is 0 Å². The van der Waals surface area contributed by atoms with E-state index in [1.807, 2.05) is 13.8 Å². The number of sulfonamides is 1. The molecule has 0 aromatic rings. The van der Waals surface area contributed by atoms with Crippen LogP contribution in [0.25, 0.3) is 0 Å². The van der Waals surface area contributed by atoms with E-state index < -0.39 is 20.8 Å². The molecule has 6 heteroatoms. The van der Waals surface area contributed by atoms with E-state index in [0.717, 1.165) is 0 Å². The van der Waals surface area contributed by atoms with Crippen molar-refractivity contribution >= 4 is 21.6 Å². The van der Waals surface area contributed by atoms with E-state index in [9.17, 15) is 8.42 Å². The summed E-state index contributed by atoms with van der Waals surface area (Å²) >= 11 is 5.61. The fourth-order valence-electron chi connectivity index (χ4n) is 1.61. The summed E-state index contributed by atoms with van der Waals surface area (Å²) in [6.45, 7) is 6.67. The summed E-state index contributed by atoms with van der Waals surface area (Å²) in [5.74, 6) is 0.121. The molecule has 0 amide bonds. The molecule has 0 aromatic heterocycles. The van der Waals surface area contributed by atoms with Crippen molar-refractivity contribution in [3.63, 3.8) is 0 Å². The van der Waals surface area contributed by atoms with Crippen molar-refractivity contribution in [3.05, 3.63) is 0 Å². The van der Waals surface area contributed by atoms with Gasteiger partial charge in [0.05, 0.1) is 24.0 Å². The first-order chi connectivity index (χ1) is 6.82. The first kappa shape index (κ1) is 13.2. The summed E-state index contributed by atoms with van der Waals surface area (Å²) < 4.78 is 31.0. The van der Waals surface area contributed by atoms with Gasteiger partial charge in [0, 0.05) is 12.4 Å². The van der Waals surface area contributed by atoms with Gasteiger partial charge < -0.3 is 4.74 Å². The Kier molecular flexibility index (Phi) is 4.03. The molecule has 90 valence electrons. The van der Waals surface area contributed by atoms with Crippen molar-refractivity contribution in [3.8, 4) is 0 Å². The quantitative estimate of drug-likeness (QED) is 0.709. The molecule has 4 nitrogen and oxygen atoms in total. The van der Waals surface area contributed by atoms with E-state index >= 15 is 0 Å². The van der Waals surface area contributed by atoms with Gasteiger partial charge in [-0.3, -0.25) is 0 Å². The second-order valence-corrected chi connectivity index (χ2v) is 7.03. The van der Waals surface area contributed by atoms with Crippen LogP contribution in [-0.4, -0.2) is 49.2 Å². The zero-order valence-corrected chi connectivity index (χ0v) is 10.9. The summed E-state index contributed by atoms with van der Waals surface area (Å²) in [5.41, 5.74) is -0.475. The standard InChI is InChI=1S/C9H18ClNO3S/c1-8(6-10)15(12,13)11-4-5-14-7-9(11,2)3/h8H,4-7H2,1-3H3. The summed E-state index contributed by atoms with van der Waals surface area (Å²) in [5, 5.41) is -0.545. The van der Waals surface area contributed by atoms with Crippen LogP contribution in [0.1, 0.15) is 20.8 Å². The number of hydrogen-bond acceptors (Lipinski definition) is 3. The van der Waals surface area contributed by atoms with E-state index in [0.29, 0.717) is 19.8 Å². The Morgan fingerprint density at radius 1 is 1.53 bits per heavy atom. The zero-order valence-electron chi connectivity index (χ0n) is 9.36. The van der Waals surface area contributed by atoms with Gasteiger partial charge >= 0.3 is 0 Å². The number of rotatable bonds is 3. The van der Waals surface area contributed by atoms with Crippen LogP contribution in [0.5, 0.6) is 0 Å². The van der Waals surface area contributed by atoms with Gasteiger partial charge in [0.2, 0.25) is 10.0 Å². The van der Waals surface area contributed by atoms with Crippen LogP contribution >= 0.6 is 11.6 Å². The van der Waals surface area contributed by atoms with Crippen molar-refractivity contribution in [2.45, 2.75) is 31.6 Å². The van der Waals surface area contributed by atoms with Crippen molar-refractivity contribution in [2.75, 3.05) is 25.6 Å². The van der Waals surface area contributed by atoms with Crippen LogP contribution in [0, 0.1) is 0 Å². The Morgan fingerprint density at radius 3 is 2.60 bits per heavy atom. The van der Waals surface area contributed by atoms with E-state index in [2.05, 4.69) is 0 Å². The molecular formula is C9H18ClNO3S. The van der Waals surface area contributed by atoms with Crippen LogP contribution in [0.15, 0.2) is 0 Å². The molecule has 1 rings (SSSR count). The second kappa shape index (κ2) is 4.57. The fraction of sp³-hybridized carbons (Fsp3) is 1.00. The Labute approximate surface area is 96.6 Å². The lowest BCUT2D eigenvalue weighted by atomic mass is 10.1. The number of hydrogen-bond donors (Lipinski definition) is 0. The molecule has 0 aromatic carbocycles. The van der Waals surface area contributed by atoms with Crippen LogP contribution in [-0.2, 0) is 14.8 Å². The highest BCUT2D eigenvalue weighted by atomic mass is 35.5. The van der Waals surface area contributed by atoms with Gasteiger partial charge in [-0.05, 0) is 20.8 Å². The maximum absolute atomic E-state index is 12.1. The van der Waals surface area contributed by atoms with Gasteiger partial charge in [-0.25, -0.2) is 8.42 Å². The van der Waals surface area contributed by atoms with E-state index in [-0.39, 0.29) is 5.88 Å². The zero-order chi connectivity index (χ0) is 11.7. The molecule has 1 atom stereocenters. The number of morpholine rings is 1. The van der Waals surface area contributed by atoms with Crippen molar-refractivity contribution < 1.29 is 13.2 Å². The number of halogens is 1. The van der Waals surface area contributed by atoms with Gasteiger partial charge in [-0.2, -0.15) is 4.31 Å². The maximum Gasteiger partial charge on any atom is 0.218 e. The number of nitrogens with zero attached hydrogens (tertiary/aromatic N) is 1. The molecule has 1 heterocycles. The average molecular weight is 256 g/mol. The minimum Gasteiger partial charge on any atom is -0.378 e. The smallest absolute Gasteiger partial charge is 0.218 e. The van der Waals surface area contributed by atoms with Crippen molar-refractivity contribution in [1.82, 2.24) is 4.31 Å². The predicted molar refractivity (Wildman–Crippen MR) is 60.7 cm³/mol. The molecule has 0 N–H and O–H groups in total. The van der Waals surface area contributed by atoms with Crippen LogP contribution in [0.3, 0.4) is 0 Å². The molecular weight excluding hydrogens is 238 g/mol. The molecule has 0 aliphatic carbocycles. The molecule has 1 aliphatic heterocycles. The topological polar surface area (TPSA) is 46.6 Å². The first-order valence-electron chi connectivity index (χ1n) is 4.98. The number of ether oxygens (including phenoxy) is 1. The van der Waals surface area contributed by atoms with Crippen molar-refractivity contribution in [2.24, 2.45) is 0 Å². The number of alkyl halides is 1. The lowest BCUT2D eigenvalue weighted by Crippen LogP contribution is -2.57. The third kappa shape index (κ3) is 2.64. The molecule has 0 bridgehead atoms. The molecule has 0 saturated carbocycles. The Morgan fingerprint density at radius 2 is 2.13 bits per heavy atom. The van der Waals surface area contributed by atoms with E-state index in [4.69, 9.17) is 16.3 Å². The van der Waals surface area contributed by atoms with Gasteiger partial charge in [0.1, 0.15) is 0 Å². The minimum absolute atomic E-state index is 0.121. The third-order valence-corrected chi connectivity index (χ3v) is 5.72. The highest BCUT2D eigenvalue weighted by Gasteiger charge is 2.40. The van der Waals surface area contributed by atoms with Gasteiger partial charge in [-0.1, -0.05) is 0 Å². The molecule has 1 unspecified atom stereocenters. The largest absolute Gasteiger partial charge is 0.378 e. The lowest BCUT2D eigenvalue weighted by molar-refractivity contribution is -0.00801.